The molecule has 0 bridgehead atoms. The Hall–Kier alpha value is 0.127. The van der Waals surface area contributed by atoms with Crippen molar-refractivity contribution in [1.29, 1.82) is 0 Å². The second-order valence-electron chi connectivity index (χ2n) is 6.64. The van der Waals surface area contributed by atoms with Gasteiger partial charge in [-0.1, -0.05) is 59.5 Å². The Morgan fingerprint density at radius 1 is 1.06 bits per heavy atom. The van der Waals surface area contributed by atoms with Crippen LogP contribution in [0.2, 0.25) is 22.2 Å². The first-order valence-corrected chi connectivity index (χ1v) is 10.3. The Balaban J connectivity index is 5.37. The van der Waals surface area contributed by atoms with Crippen LogP contribution in [0.25, 0.3) is 0 Å². The summed E-state index contributed by atoms with van der Waals surface area (Å²) in [6.45, 7) is 15.4. The summed E-state index contributed by atoms with van der Waals surface area (Å²) >= 11 is 0. The summed E-state index contributed by atoms with van der Waals surface area (Å²) in [4.78, 5) is 0. The van der Waals surface area contributed by atoms with E-state index >= 15 is 0 Å². The van der Waals surface area contributed by atoms with E-state index in [1.165, 1.54) is 0 Å². The van der Waals surface area contributed by atoms with Gasteiger partial charge in [-0.05, 0) is 11.1 Å². The molecule has 104 valence electrons. The molecule has 0 saturated heterocycles. The largest absolute Gasteiger partial charge is 0.286 e. The highest BCUT2D eigenvalue weighted by molar-refractivity contribution is 7.85. The SMILES string of the molecule is CC(C)[Si](CCS(=O)(=O)O)(C(C)C)C(C)(C)C. The van der Waals surface area contributed by atoms with Gasteiger partial charge in [-0.2, -0.15) is 8.42 Å². The lowest BCUT2D eigenvalue weighted by Gasteiger charge is -2.49. The molecule has 0 heterocycles. The van der Waals surface area contributed by atoms with Crippen molar-refractivity contribution in [1.82, 2.24) is 0 Å². The quantitative estimate of drug-likeness (QED) is 0.613. The van der Waals surface area contributed by atoms with Gasteiger partial charge in [0.15, 0.2) is 0 Å². The Kier molecular flexibility index (Phi) is 5.45. The van der Waals surface area contributed by atoms with Crippen LogP contribution in [0.1, 0.15) is 48.5 Å². The summed E-state index contributed by atoms with van der Waals surface area (Å²) in [5.41, 5.74) is 1.01. The summed E-state index contributed by atoms with van der Waals surface area (Å²) in [5.74, 6) is -0.0904. The lowest BCUT2D eigenvalue weighted by Crippen LogP contribution is -2.50. The maximum atomic E-state index is 11.0. The van der Waals surface area contributed by atoms with Crippen molar-refractivity contribution in [2.45, 2.75) is 70.6 Å². The van der Waals surface area contributed by atoms with E-state index < -0.39 is 18.2 Å². The molecule has 0 aliphatic rings. The van der Waals surface area contributed by atoms with Gasteiger partial charge in [0.25, 0.3) is 10.1 Å². The fraction of sp³-hybridized carbons (Fsp3) is 1.00. The average Bonchev–Trinajstić information content (AvgIpc) is 1.97. The average molecular weight is 281 g/mol. The Bertz CT molecular complexity index is 331. The van der Waals surface area contributed by atoms with E-state index in [1.54, 1.807) is 0 Å². The predicted molar refractivity (Wildman–Crippen MR) is 76.9 cm³/mol. The van der Waals surface area contributed by atoms with E-state index in [2.05, 4.69) is 48.5 Å². The zero-order valence-electron chi connectivity index (χ0n) is 12.2. The molecule has 1 N–H and O–H groups in total. The van der Waals surface area contributed by atoms with E-state index in [4.69, 9.17) is 4.55 Å². The van der Waals surface area contributed by atoms with Crippen LogP contribution < -0.4 is 0 Å². The molecule has 0 aliphatic carbocycles. The maximum absolute atomic E-state index is 11.0. The molecule has 0 aromatic carbocycles. The summed E-state index contributed by atoms with van der Waals surface area (Å²) < 4.78 is 31.1. The van der Waals surface area contributed by atoms with Gasteiger partial charge >= 0.3 is 0 Å². The molecular formula is C12H28O3SSi. The zero-order valence-corrected chi connectivity index (χ0v) is 14.1. The molecule has 0 fully saturated rings. The standard InChI is InChI=1S/C12H28O3SSi/c1-10(2)17(11(3)4,12(5,6)7)9-8-16(13,14)15/h10-11H,8-9H2,1-7H3,(H,13,14,15). The molecule has 0 saturated carbocycles. The van der Waals surface area contributed by atoms with E-state index in [1.807, 2.05) is 0 Å². The van der Waals surface area contributed by atoms with Gasteiger partial charge in [-0.25, -0.2) is 0 Å². The third-order valence-electron chi connectivity index (χ3n) is 4.23. The van der Waals surface area contributed by atoms with Crippen LogP contribution in [0.4, 0.5) is 0 Å². The van der Waals surface area contributed by atoms with Crippen LogP contribution in [0.15, 0.2) is 0 Å². The first-order chi connectivity index (χ1) is 7.34. The highest BCUT2D eigenvalue weighted by Gasteiger charge is 2.49. The van der Waals surface area contributed by atoms with Gasteiger partial charge < -0.3 is 0 Å². The van der Waals surface area contributed by atoms with Gasteiger partial charge in [0, 0.05) is 0 Å². The van der Waals surface area contributed by atoms with Gasteiger partial charge in [-0.15, -0.1) is 0 Å². The Morgan fingerprint density at radius 2 is 1.41 bits per heavy atom. The van der Waals surface area contributed by atoms with Gasteiger partial charge in [-0.3, -0.25) is 4.55 Å². The molecular weight excluding hydrogens is 252 g/mol. The van der Waals surface area contributed by atoms with Crippen LogP contribution in [-0.2, 0) is 10.1 Å². The molecule has 17 heavy (non-hydrogen) atoms. The lowest BCUT2D eigenvalue weighted by atomic mass is 10.2. The number of hydrogen-bond donors (Lipinski definition) is 1. The number of hydrogen-bond acceptors (Lipinski definition) is 2. The Morgan fingerprint density at radius 3 is 1.59 bits per heavy atom. The minimum atomic E-state index is -3.85. The van der Waals surface area contributed by atoms with Crippen LogP contribution >= 0.6 is 0 Å². The first-order valence-electron chi connectivity index (χ1n) is 6.29. The molecule has 3 nitrogen and oxygen atoms in total. The topological polar surface area (TPSA) is 54.4 Å². The fourth-order valence-corrected chi connectivity index (χ4v) is 12.7. The molecule has 0 radical (unpaired) electrons. The van der Waals surface area contributed by atoms with E-state index in [-0.39, 0.29) is 10.8 Å². The smallest absolute Gasteiger partial charge is 0.264 e. The van der Waals surface area contributed by atoms with E-state index in [9.17, 15) is 8.42 Å². The molecule has 5 heteroatoms. The lowest BCUT2D eigenvalue weighted by molar-refractivity contribution is 0.484. The molecule has 0 spiro atoms. The minimum Gasteiger partial charge on any atom is -0.286 e. The van der Waals surface area contributed by atoms with Crippen molar-refractivity contribution in [3.63, 3.8) is 0 Å². The maximum Gasteiger partial charge on any atom is 0.264 e. The van der Waals surface area contributed by atoms with Crippen LogP contribution in [-0.4, -0.2) is 26.8 Å². The summed E-state index contributed by atoms with van der Waals surface area (Å²) in [7, 11) is -5.65. The second kappa shape index (κ2) is 5.41. The molecule has 0 aromatic heterocycles. The fourth-order valence-electron chi connectivity index (χ4n) is 3.65. The highest BCUT2D eigenvalue weighted by atomic mass is 32.2. The monoisotopic (exact) mass is 280 g/mol. The van der Waals surface area contributed by atoms with Gasteiger partial charge in [0.05, 0.1) is 13.8 Å². The van der Waals surface area contributed by atoms with Crippen molar-refractivity contribution in [3.8, 4) is 0 Å². The van der Waals surface area contributed by atoms with Crippen LogP contribution in [0.5, 0.6) is 0 Å². The van der Waals surface area contributed by atoms with Crippen molar-refractivity contribution < 1.29 is 13.0 Å². The van der Waals surface area contributed by atoms with Gasteiger partial charge in [0.1, 0.15) is 0 Å². The van der Waals surface area contributed by atoms with E-state index in [0.717, 1.165) is 0 Å². The van der Waals surface area contributed by atoms with E-state index in [0.29, 0.717) is 17.1 Å². The van der Waals surface area contributed by atoms with Crippen molar-refractivity contribution in [2.24, 2.45) is 0 Å². The molecule has 0 amide bonds. The Labute approximate surface area is 108 Å². The van der Waals surface area contributed by atoms with Crippen molar-refractivity contribution in [2.75, 3.05) is 5.75 Å². The third-order valence-corrected chi connectivity index (χ3v) is 13.3. The summed E-state index contributed by atoms with van der Waals surface area (Å²) in [6, 6.07) is 0.644. The van der Waals surface area contributed by atoms with Gasteiger partial charge in [0.2, 0.25) is 0 Å². The minimum absolute atomic E-state index is 0.0904. The predicted octanol–water partition coefficient (Wildman–Crippen LogP) is 3.94. The van der Waals surface area contributed by atoms with Crippen molar-refractivity contribution in [3.05, 3.63) is 0 Å². The molecule has 0 aromatic rings. The molecule has 0 unspecified atom stereocenters. The first kappa shape index (κ1) is 17.1. The normalized spacial score (nSPS) is 14.7. The molecule has 0 aliphatic heterocycles. The third kappa shape index (κ3) is 4.07. The van der Waals surface area contributed by atoms with Crippen molar-refractivity contribution >= 4 is 18.2 Å². The van der Waals surface area contributed by atoms with Crippen LogP contribution in [0, 0.1) is 0 Å². The number of rotatable bonds is 5. The second-order valence-corrected chi connectivity index (χ2v) is 14.6. The summed E-state index contributed by atoms with van der Waals surface area (Å²) in [6.07, 6.45) is 0. The summed E-state index contributed by atoms with van der Waals surface area (Å²) in [5, 5.41) is 0.139. The highest BCUT2D eigenvalue weighted by Crippen LogP contribution is 2.52. The molecule has 0 atom stereocenters. The zero-order chi connectivity index (χ0) is 14.1. The van der Waals surface area contributed by atoms with Crippen LogP contribution in [0.3, 0.4) is 0 Å². The molecule has 0 rings (SSSR count).